The van der Waals surface area contributed by atoms with Gasteiger partial charge in [0.25, 0.3) is 0 Å². The average Bonchev–Trinajstić information content (AvgIpc) is 2.97. The molecule has 1 aromatic heterocycles. The van der Waals surface area contributed by atoms with Crippen molar-refractivity contribution in [3.8, 4) is 6.01 Å². The first-order valence-corrected chi connectivity index (χ1v) is 7.74. The molecule has 1 aliphatic heterocycles. The van der Waals surface area contributed by atoms with Crippen molar-refractivity contribution in [2.45, 2.75) is 39.2 Å². The SMILES string of the molecule is CCCNc1nc(NC(C)CN2CCCC2)nc(OC)n1. The van der Waals surface area contributed by atoms with Gasteiger partial charge in [-0.25, -0.2) is 0 Å². The normalized spacial score (nSPS) is 16.7. The number of nitrogens with zero attached hydrogens (tertiary/aromatic N) is 4. The minimum Gasteiger partial charge on any atom is -0.467 e. The van der Waals surface area contributed by atoms with E-state index in [9.17, 15) is 0 Å². The number of hydrogen-bond donors (Lipinski definition) is 2. The Hall–Kier alpha value is -1.63. The van der Waals surface area contributed by atoms with Crippen molar-refractivity contribution >= 4 is 11.9 Å². The van der Waals surface area contributed by atoms with Crippen LogP contribution in [0.25, 0.3) is 0 Å². The van der Waals surface area contributed by atoms with Gasteiger partial charge >= 0.3 is 6.01 Å². The Morgan fingerprint density at radius 2 is 1.90 bits per heavy atom. The summed E-state index contributed by atoms with van der Waals surface area (Å²) in [5.74, 6) is 1.12. The van der Waals surface area contributed by atoms with Gasteiger partial charge in [-0.3, -0.25) is 0 Å². The van der Waals surface area contributed by atoms with Gasteiger partial charge in [-0.05, 0) is 39.3 Å². The van der Waals surface area contributed by atoms with Crippen LogP contribution in [-0.4, -0.2) is 59.2 Å². The van der Waals surface area contributed by atoms with Crippen LogP contribution in [0.4, 0.5) is 11.9 Å². The van der Waals surface area contributed by atoms with Gasteiger partial charge in [0.05, 0.1) is 7.11 Å². The third kappa shape index (κ3) is 5.00. The van der Waals surface area contributed by atoms with Gasteiger partial charge in [0, 0.05) is 19.1 Å². The molecule has 2 N–H and O–H groups in total. The first-order chi connectivity index (χ1) is 10.2. The van der Waals surface area contributed by atoms with Crippen molar-refractivity contribution in [1.29, 1.82) is 0 Å². The summed E-state index contributed by atoms with van der Waals surface area (Å²) in [6.07, 6.45) is 3.62. The number of aromatic nitrogens is 3. The average molecular weight is 294 g/mol. The molecule has 0 bridgehead atoms. The van der Waals surface area contributed by atoms with Crippen LogP contribution in [0.1, 0.15) is 33.1 Å². The van der Waals surface area contributed by atoms with Gasteiger partial charge in [0.1, 0.15) is 0 Å². The van der Waals surface area contributed by atoms with Crippen LogP contribution in [0, 0.1) is 0 Å². The van der Waals surface area contributed by atoms with Crippen LogP contribution < -0.4 is 15.4 Å². The van der Waals surface area contributed by atoms with Crippen molar-refractivity contribution in [2.24, 2.45) is 0 Å². The molecule has 0 amide bonds. The van der Waals surface area contributed by atoms with E-state index in [0.29, 0.717) is 17.9 Å². The fourth-order valence-corrected chi connectivity index (χ4v) is 2.45. The van der Waals surface area contributed by atoms with Crippen molar-refractivity contribution in [3.63, 3.8) is 0 Å². The lowest BCUT2D eigenvalue weighted by Gasteiger charge is -2.21. The quantitative estimate of drug-likeness (QED) is 0.754. The van der Waals surface area contributed by atoms with E-state index in [0.717, 1.165) is 19.5 Å². The van der Waals surface area contributed by atoms with Crippen LogP contribution in [0.5, 0.6) is 6.01 Å². The number of rotatable bonds is 8. The minimum absolute atomic E-state index is 0.286. The zero-order chi connectivity index (χ0) is 15.1. The van der Waals surface area contributed by atoms with Crippen molar-refractivity contribution in [3.05, 3.63) is 0 Å². The topological polar surface area (TPSA) is 75.2 Å². The second kappa shape index (κ2) is 7.97. The monoisotopic (exact) mass is 294 g/mol. The van der Waals surface area contributed by atoms with Gasteiger partial charge in [0.15, 0.2) is 0 Å². The molecular weight excluding hydrogens is 268 g/mol. The van der Waals surface area contributed by atoms with Crippen molar-refractivity contribution < 1.29 is 4.74 Å². The molecular formula is C14H26N6O. The van der Waals surface area contributed by atoms with Crippen LogP contribution in [0.2, 0.25) is 0 Å². The lowest BCUT2D eigenvalue weighted by atomic mass is 10.3. The summed E-state index contributed by atoms with van der Waals surface area (Å²) < 4.78 is 5.14. The largest absolute Gasteiger partial charge is 0.467 e. The van der Waals surface area contributed by atoms with Gasteiger partial charge in [-0.15, -0.1) is 0 Å². The van der Waals surface area contributed by atoms with Crippen molar-refractivity contribution in [1.82, 2.24) is 19.9 Å². The molecule has 0 aromatic carbocycles. The van der Waals surface area contributed by atoms with E-state index >= 15 is 0 Å². The predicted molar refractivity (Wildman–Crippen MR) is 83.9 cm³/mol. The molecule has 0 radical (unpaired) electrons. The second-order valence-corrected chi connectivity index (χ2v) is 5.45. The molecule has 1 fully saturated rings. The summed E-state index contributed by atoms with van der Waals surface area (Å²) >= 11 is 0. The standard InChI is InChI=1S/C14H26N6O/c1-4-7-15-12-17-13(19-14(18-12)21-3)16-11(2)10-20-8-5-6-9-20/h11H,4-10H2,1-3H3,(H2,15,16,17,18,19). The maximum atomic E-state index is 5.14. The Labute approximate surface area is 126 Å². The van der Waals surface area contributed by atoms with Gasteiger partial charge in [-0.2, -0.15) is 15.0 Å². The predicted octanol–water partition coefficient (Wildman–Crippen LogP) is 1.60. The summed E-state index contributed by atoms with van der Waals surface area (Å²) in [4.78, 5) is 15.3. The number of anilines is 2. The molecule has 0 spiro atoms. The second-order valence-electron chi connectivity index (χ2n) is 5.45. The van der Waals surface area contributed by atoms with E-state index in [1.165, 1.54) is 25.9 Å². The van der Waals surface area contributed by atoms with E-state index in [1.807, 2.05) is 0 Å². The first-order valence-electron chi connectivity index (χ1n) is 7.74. The molecule has 1 aromatic rings. The van der Waals surface area contributed by atoms with E-state index in [1.54, 1.807) is 7.11 Å². The summed E-state index contributed by atoms with van der Waals surface area (Å²) in [5.41, 5.74) is 0. The van der Waals surface area contributed by atoms with E-state index in [4.69, 9.17) is 4.74 Å². The maximum absolute atomic E-state index is 5.14. The van der Waals surface area contributed by atoms with Gasteiger partial charge in [-0.1, -0.05) is 6.92 Å². The molecule has 2 heterocycles. The summed E-state index contributed by atoms with van der Waals surface area (Å²) in [5, 5.41) is 6.50. The fraction of sp³-hybridized carbons (Fsp3) is 0.786. The van der Waals surface area contributed by atoms with Gasteiger partial charge < -0.3 is 20.3 Å². The Morgan fingerprint density at radius 3 is 2.57 bits per heavy atom. The third-order valence-corrected chi connectivity index (χ3v) is 3.44. The van der Waals surface area contributed by atoms with Crippen LogP contribution in [-0.2, 0) is 0 Å². The molecule has 7 heteroatoms. The molecule has 0 saturated carbocycles. The molecule has 118 valence electrons. The smallest absolute Gasteiger partial charge is 0.322 e. The zero-order valence-electron chi connectivity index (χ0n) is 13.2. The highest BCUT2D eigenvalue weighted by atomic mass is 16.5. The van der Waals surface area contributed by atoms with E-state index in [-0.39, 0.29) is 6.04 Å². The Balaban J connectivity index is 1.96. The molecule has 1 saturated heterocycles. The molecule has 7 nitrogen and oxygen atoms in total. The van der Waals surface area contributed by atoms with Crippen LogP contribution >= 0.6 is 0 Å². The number of nitrogens with one attached hydrogen (secondary N) is 2. The lowest BCUT2D eigenvalue weighted by Crippen LogP contribution is -2.33. The summed E-state index contributed by atoms with van der Waals surface area (Å²) in [6.45, 7) is 8.46. The van der Waals surface area contributed by atoms with Crippen LogP contribution in [0.3, 0.4) is 0 Å². The first kappa shape index (κ1) is 15.8. The highest BCUT2D eigenvalue weighted by Crippen LogP contribution is 2.13. The Morgan fingerprint density at radius 1 is 1.19 bits per heavy atom. The lowest BCUT2D eigenvalue weighted by molar-refractivity contribution is 0.327. The molecule has 1 atom stereocenters. The van der Waals surface area contributed by atoms with Crippen molar-refractivity contribution in [2.75, 3.05) is 43.9 Å². The molecule has 2 rings (SSSR count). The van der Waals surface area contributed by atoms with E-state index in [2.05, 4.69) is 44.3 Å². The molecule has 21 heavy (non-hydrogen) atoms. The zero-order valence-corrected chi connectivity index (χ0v) is 13.2. The number of ether oxygens (including phenoxy) is 1. The van der Waals surface area contributed by atoms with Gasteiger partial charge in [0.2, 0.25) is 11.9 Å². The fourth-order valence-electron chi connectivity index (χ4n) is 2.45. The number of hydrogen-bond acceptors (Lipinski definition) is 7. The van der Waals surface area contributed by atoms with Crippen LogP contribution in [0.15, 0.2) is 0 Å². The maximum Gasteiger partial charge on any atom is 0.322 e. The highest BCUT2D eigenvalue weighted by Gasteiger charge is 2.16. The molecule has 1 aliphatic rings. The number of likely N-dealkylation sites (tertiary alicyclic amines) is 1. The minimum atomic E-state index is 0.286. The third-order valence-electron chi connectivity index (χ3n) is 3.44. The summed E-state index contributed by atoms with van der Waals surface area (Å²) in [6, 6.07) is 0.619. The highest BCUT2D eigenvalue weighted by molar-refractivity contribution is 5.36. The Kier molecular flexibility index (Phi) is 5.98. The molecule has 0 aliphatic carbocycles. The van der Waals surface area contributed by atoms with E-state index < -0.39 is 0 Å². The number of methoxy groups -OCH3 is 1. The molecule has 1 unspecified atom stereocenters. The summed E-state index contributed by atoms with van der Waals surface area (Å²) in [7, 11) is 1.57. The Bertz CT molecular complexity index is 435.